The van der Waals surface area contributed by atoms with Gasteiger partial charge in [-0.15, -0.1) is 12.4 Å². The van der Waals surface area contributed by atoms with E-state index in [0.29, 0.717) is 6.42 Å². The van der Waals surface area contributed by atoms with E-state index in [9.17, 15) is 10.1 Å². The van der Waals surface area contributed by atoms with Gasteiger partial charge in [0.25, 0.3) is 5.69 Å². The van der Waals surface area contributed by atoms with Gasteiger partial charge in [0.15, 0.2) is 0 Å². The molecular weight excluding hydrogens is 320 g/mol. The van der Waals surface area contributed by atoms with Crippen molar-refractivity contribution in [3.05, 3.63) is 85.7 Å². The van der Waals surface area contributed by atoms with E-state index in [1.54, 1.807) is 19.2 Å². The lowest BCUT2D eigenvalue weighted by atomic mass is 10.0. The Morgan fingerprint density at radius 2 is 1.70 bits per heavy atom. The van der Waals surface area contributed by atoms with Gasteiger partial charge in [-0.2, -0.15) is 0 Å². The van der Waals surface area contributed by atoms with Crippen LogP contribution in [0.4, 0.5) is 5.69 Å². The van der Waals surface area contributed by atoms with Crippen LogP contribution in [0.1, 0.15) is 18.6 Å². The third kappa shape index (κ3) is 7.71. The maximum Gasteiger partial charge on any atom is 0.269 e. The van der Waals surface area contributed by atoms with Crippen LogP contribution in [-0.2, 0) is 6.42 Å². The average molecular weight is 338 g/mol. The zero-order chi connectivity index (χ0) is 15.7. The molecule has 0 heterocycles. The molecule has 0 aromatic heterocycles. The van der Waals surface area contributed by atoms with Gasteiger partial charge in [0.05, 0.1) is 12.0 Å². The number of nitro groups is 1. The van der Waals surface area contributed by atoms with Crippen LogP contribution in [0.15, 0.2) is 48.5 Å². The molecule has 7 nitrogen and oxygen atoms in total. The molecule has 0 amide bonds. The molecule has 124 valence electrons. The van der Waals surface area contributed by atoms with Crippen LogP contribution in [0.25, 0.3) is 16.0 Å². The molecule has 8 heteroatoms. The second-order valence-corrected chi connectivity index (χ2v) is 4.04. The topological polar surface area (TPSA) is 111 Å². The number of non-ortho nitro benzene ring substituents is 1. The zero-order valence-electron chi connectivity index (χ0n) is 11.7. The highest BCUT2D eigenvalue weighted by Crippen LogP contribution is 2.18. The molecule has 0 aliphatic rings. The third-order valence-corrected chi connectivity index (χ3v) is 2.69. The minimum absolute atomic E-state index is 0. The summed E-state index contributed by atoms with van der Waals surface area (Å²) in [6, 6.07) is 14.4. The van der Waals surface area contributed by atoms with E-state index in [-0.39, 0.29) is 30.4 Å². The molecule has 0 unspecified atom stereocenters. The van der Waals surface area contributed by atoms with Crippen LogP contribution < -0.4 is 4.74 Å². The Balaban J connectivity index is 0. The number of hydrogen-bond acceptors (Lipinski definition) is 3. The Bertz CT molecular complexity index is 641. The summed E-state index contributed by atoms with van der Waals surface area (Å²) in [5.74, 6) is 0.804. The van der Waals surface area contributed by atoms with Gasteiger partial charge in [0.2, 0.25) is 0 Å². The number of rotatable bonds is 4. The SMILES string of the molecule is C.COc1ccc(Cc2cccc([N+](=O)[O-])c2)cc1.Cl.[N-]=[N+]=[N-]. The first-order valence-electron chi connectivity index (χ1n) is 5.95. The number of methoxy groups -OCH3 is 1. The Labute approximate surface area is 140 Å². The predicted octanol–water partition coefficient (Wildman–Crippen LogP) is 5.12. The number of ether oxygens (including phenoxy) is 1. The lowest BCUT2D eigenvalue weighted by molar-refractivity contribution is -0.384. The molecule has 0 fully saturated rings. The first kappa shape index (κ1) is 22.5. The minimum Gasteiger partial charge on any atom is -0.497 e. The summed E-state index contributed by atoms with van der Waals surface area (Å²) < 4.78 is 5.08. The van der Waals surface area contributed by atoms with Crippen LogP contribution in [0.5, 0.6) is 5.75 Å². The van der Waals surface area contributed by atoms with E-state index in [1.807, 2.05) is 30.3 Å². The summed E-state index contributed by atoms with van der Waals surface area (Å²) in [6.45, 7) is 0. The Morgan fingerprint density at radius 3 is 2.17 bits per heavy atom. The van der Waals surface area contributed by atoms with Gasteiger partial charge in [0, 0.05) is 12.1 Å². The standard InChI is InChI=1S/C14H13NO3.CH4.ClH.N3/c1-18-14-7-5-11(6-8-14)9-12-3-2-4-13(10-12)15(16)17;;;1-3-2/h2-8,10H,9H2,1H3;1H4;1H;/q;;;-1. The van der Waals surface area contributed by atoms with E-state index < -0.39 is 0 Å². The fraction of sp³-hybridized carbons (Fsp3) is 0.200. The molecule has 2 rings (SSSR count). The van der Waals surface area contributed by atoms with E-state index in [2.05, 4.69) is 0 Å². The smallest absolute Gasteiger partial charge is 0.269 e. The first-order chi connectivity index (χ1) is 10.1. The molecule has 0 saturated carbocycles. The van der Waals surface area contributed by atoms with Crippen LogP contribution >= 0.6 is 12.4 Å². The molecule has 0 aliphatic heterocycles. The lowest BCUT2D eigenvalue weighted by Crippen LogP contribution is -1.92. The number of benzene rings is 2. The highest BCUT2D eigenvalue weighted by Gasteiger charge is 2.06. The van der Waals surface area contributed by atoms with Gasteiger partial charge >= 0.3 is 0 Å². The summed E-state index contributed by atoms with van der Waals surface area (Å²) in [4.78, 5) is 11.8. The molecule has 0 N–H and O–H groups in total. The van der Waals surface area contributed by atoms with Crippen molar-refractivity contribution in [1.29, 1.82) is 0 Å². The monoisotopic (exact) mass is 337 g/mol. The summed E-state index contributed by atoms with van der Waals surface area (Å²) in [5.41, 5.74) is 15.6. The van der Waals surface area contributed by atoms with Crippen molar-refractivity contribution in [2.24, 2.45) is 0 Å². The predicted molar refractivity (Wildman–Crippen MR) is 93.0 cm³/mol. The molecule has 0 radical (unpaired) electrons. The second kappa shape index (κ2) is 11.9. The van der Waals surface area contributed by atoms with Crippen LogP contribution in [0.2, 0.25) is 0 Å². The Morgan fingerprint density at radius 1 is 1.13 bits per heavy atom. The highest BCUT2D eigenvalue weighted by molar-refractivity contribution is 5.85. The summed E-state index contributed by atoms with van der Waals surface area (Å²) in [7, 11) is 1.62. The molecule has 0 saturated heterocycles. The fourth-order valence-corrected chi connectivity index (χ4v) is 1.76. The summed E-state index contributed by atoms with van der Waals surface area (Å²) in [5, 5.41) is 10.7. The molecule has 0 atom stereocenters. The molecule has 2 aromatic rings. The van der Waals surface area contributed by atoms with Crippen molar-refractivity contribution in [3.8, 4) is 5.75 Å². The van der Waals surface area contributed by atoms with Crippen molar-refractivity contribution < 1.29 is 9.66 Å². The summed E-state index contributed by atoms with van der Waals surface area (Å²) >= 11 is 0. The van der Waals surface area contributed by atoms with E-state index >= 15 is 0 Å². The van der Waals surface area contributed by atoms with Crippen LogP contribution in [-0.4, -0.2) is 12.0 Å². The minimum atomic E-state index is -0.377. The van der Waals surface area contributed by atoms with Gasteiger partial charge < -0.3 is 15.8 Å². The Hall–Kier alpha value is -2.76. The van der Waals surface area contributed by atoms with Gasteiger partial charge in [-0.05, 0) is 29.7 Å². The van der Waals surface area contributed by atoms with E-state index in [4.69, 9.17) is 15.8 Å². The molecule has 0 bridgehead atoms. The number of nitrogens with zero attached hydrogens (tertiary/aromatic N) is 4. The normalized spacial score (nSPS) is 8.22. The number of nitro benzene ring substituents is 1. The van der Waals surface area contributed by atoms with E-state index in [1.165, 1.54) is 11.0 Å². The average Bonchev–Trinajstić information content (AvgIpc) is 2.49. The maximum absolute atomic E-state index is 10.7. The molecule has 2 aromatic carbocycles. The van der Waals surface area contributed by atoms with Crippen molar-refractivity contribution in [3.63, 3.8) is 0 Å². The van der Waals surface area contributed by atoms with Gasteiger partial charge in [-0.25, -0.2) is 0 Å². The van der Waals surface area contributed by atoms with Crippen molar-refractivity contribution in [2.45, 2.75) is 13.8 Å². The summed E-state index contributed by atoms with van der Waals surface area (Å²) in [6.07, 6.45) is 0.672. The number of halogens is 1. The second-order valence-electron chi connectivity index (χ2n) is 4.04. The maximum atomic E-state index is 10.7. The molecule has 0 aliphatic carbocycles. The van der Waals surface area contributed by atoms with Crippen molar-refractivity contribution in [2.75, 3.05) is 7.11 Å². The largest absolute Gasteiger partial charge is 0.497 e. The Kier molecular flexibility index (Phi) is 11.6. The molecule has 23 heavy (non-hydrogen) atoms. The molecular formula is C15H18ClN4O3-. The van der Waals surface area contributed by atoms with Crippen LogP contribution in [0.3, 0.4) is 0 Å². The molecule has 0 spiro atoms. The highest BCUT2D eigenvalue weighted by atomic mass is 35.5. The third-order valence-electron chi connectivity index (χ3n) is 2.69. The van der Waals surface area contributed by atoms with Gasteiger partial charge in [-0.1, -0.05) is 31.7 Å². The van der Waals surface area contributed by atoms with E-state index in [0.717, 1.165) is 16.9 Å². The lowest BCUT2D eigenvalue weighted by Gasteiger charge is -2.04. The number of hydrogen-bond donors (Lipinski definition) is 0. The fourth-order valence-electron chi connectivity index (χ4n) is 1.76. The van der Waals surface area contributed by atoms with Gasteiger partial charge in [0.1, 0.15) is 5.75 Å². The van der Waals surface area contributed by atoms with Crippen molar-refractivity contribution >= 4 is 18.1 Å². The van der Waals surface area contributed by atoms with Gasteiger partial charge in [-0.3, -0.25) is 15.0 Å². The van der Waals surface area contributed by atoms with Crippen LogP contribution in [0, 0.1) is 10.1 Å². The quantitative estimate of drug-likeness (QED) is 0.254. The zero-order valence-corrected chi connectivity index (χ0v) is 12.6. The first-order valence-corrected chi connectivity index (χ1v) is 5.95. The van der Waals surface area contributed by atoms with Crippen molar-refractivity contribution in [1.82, 2.24) is 0 Å².